The summed E-state index contributed by atoms with van der Waals surface area (Å²) in [6, 6.07) is 2.90. The van der Waals surface area contributed by atoms with Crippen LogP contribution >= 0.6 is 11.3 Å². The number of halogens is 2. The van der Waals surface area contributed by atoms with E-state index in [0.717, 1.165) is 22.6 Å². The average Bonchev–Trinajstić information content (AvgIpc) is 2.93. The smallest absolute Gasteiger partial charge is 0.341 e. The summed E-state index contributed by atoms with van der Waals surface area (Å²) in [5.74, 6) is -3.33. The molecule has 0 aliphatic carbocycles. The Morgan fingerprint density at radius 1 is 1.18 bits per heavy atom. The lowest BCUT2D eigenvalue weighted by molar-refractivity contribution is 0.0600. The summed E-state index contributed by atoms with van der Waals surface area (Å²) in [5, 5.41) is 6.54. The lowest BCUT2D eigenvalue weighted by Crippen LogP contribution is -2.55. The molecule has 28 heavy (non-hydrogen) atoms. The Morgan fingerprint density at radius 2 is 1.86 bits per heavy atom. The van der Waals surface area contributed by atoms with Crippen molar-refractivity contribution in [3.8, 4) is 0 Å². The number of hydrogen-bond acceptors (Lipinski definition) is 5. The number of rotatable bonds is 3. The van der Waals surface area contributed by atoms with E-state index in [-0.39, 0.29) is 11.1 Å². The minimum Gasteiger partial charge on any atom is -0.465 e. The van der Waals surface area contributed by atoms with Crippen molar-refractivity contribution in [1.29, 1.82) is 0 Å². The molecule has 1 aromatic carbocycles. The molecule has 0 bridgehead atoms. The van der Waals surface area contributed by atoms with Crippen LogP contribution in [0, 0.1) is 11.6 Å². The highest BCUT2D eigenvalue weighted by Crippen LogP contribution is 2.45. The number of thiophene rings is 1. The van der Waals surface area contributed by atoms with Gasteiger partial charge in [0.2, 0.25) is 0 Å². The molecule has 3 rings (SSSR count). The fraction of sp³-hybridized carbons (Fsp3) is 0.400. The van der Waals surface area contributed by atoms with Crippen molar-refractivity contribution in [1.82, 2.24) is 5.32 Å². The van der Waals surface area contributed by atoms with Gasteiger partial charge in [0.05, 0.1) is 12.7 Å². The molecule has 150 valence electrons. The summed E-state index contributed by atoms with van der Waals surface area (Å²) in [7, 11) is 1.28. The second-order valence-electron chi connectivity index (χ2n) is 8.00. The highest BCUT2D eigenvalue weighted by molar-refractivity contribution is 7.17. The van der Waals surface area contributed by atoms with Gasteiger partial charge in [-0.25, -0.2) is 13.6 Å². The molecule has 5 nitrogen and oxygen atoms in total. The summed E-state index contributed by atoms with van der Waals surface area (Å²) in [5.41, 5.74) is 0.406. The normalized spacial score (nSPS) is 17.0. The van der Waals surface area contributed by atoms with Gasteiger partial charge in [-0.15, -0.1) is 11.3 Å². The van der Waals surface area contributed by atoms with Crippen molar-refractivity contribution in [2.24, 2.45) is 0 Å². The first kappa shape index (κ1) is 20.4. The fourth-order valence-electron chi connectivity index (χ4n) is 3.75. The number of nitrogens with one attached hydrogen (secondary N) is 2. The summed E-state index contributed by atoms with van der Waals surface area (Å²) in [4.78, 5) is 26.0. The predicted octanol–water partition coefficient (Wildman–Crippen LogP) is 4.22. The van der Waals surface area contributed by atoms with Crippen LogP contribution in [0.25, 0.3) is 0 Å². The number of ether oxygens (including phenoxy) is 1. The second-order valence-corrected chi connectivity index (χ2v) is 9.02. The van der Waals surface area contributed by atoms with Crippen LogP contribution in [-0.4, -0.2) is 24.5 Å². The molecular formula is C20H22F2N2O3S. The predicted molar refractivity (Wildman–Crippen MR) is 104 cm³/mol. The molecule has 8 heteroatoms. The quantitative estimate of drug-likeness (QED) is 0.746. The Labute approximate surface area is 166 Å². The highest BCUT2D eigenvalue weighted by Gasteiger charge is 2.42. The van der Waals surface area contributed by atoms with Crippen LogP contribution in [0.4, 0.5) is 13.8 Å². The monoisotopic (exact) mass is 408 g/mol. The number of amides is 1. The van der Waals surface area contributed by atoms with E-state index in [1.165, 1.54) is 24.5 Å². The van der Waals surface area contributed by atoms with Gasteiger partial charge in [-0.2, -0.15) is 0 Å². The third-order valence-electron chi connectivity index (χ3n) is 4.64. The molecule has 1 aliphatic heterocycles. The summed E-state index contributed by atoms with van der Waals surface area (Å²) >= 11 is 1.28. The Kier molecular flexibility index (Phi) is 5.05. The molecule has 0 radical (unpaired) electrons. The zero-order valence-electron chi connectivity index (χ0n) is 16.3. The molecule has 1 aromatic heterocycles. The molecule has 1 amide bonds. The van der Waals surface area contributed by atoms with Crippen molar-refractivity contribution in [2.75, 3.05) is 12.4 Å². The molecule has 0 saturated heterocycles. The molecule has 2 N–H and O–H groups in total. The van der Waals surface area contributed by atoms with Crippen LogP contribution in [0.2, 0.25) is 0 Å². The molecule has 0 unspecified atom stereocenters. The molecule has 1 aliphatic rings. The van der Waals surface area contributed by atoms with Gasteiger partial charge in [0, 0.05) is 21.5 Å². The standard InChI is InChI=1S/C20H22F2N2O3S/c1-19(2)9-11-14(18(26)27-5)17(28-15(11)20(3,4)24-19)23-16(25)10-6-7-12(21)13(22)8-10/h6-8,24H,9H2,1-5H3,(H,23,25). The minimum absolute atomic E-state index is 0.0428. The van der Waals surface area contributed by atoms with E-state index in [9.17, 15) is 18.4 Å². The van der Waals surface area contributed by atoms with Crippen molar-refractivity contribution in [2.45, 2.75) is 45.2 Å². The van der Waals surface area contributed by atoms with E-state index >= 15 is 0 Å². The number of carbonyl (C=O) groups excluding carboxylic acids is 2. The van der Waals surface area contributed by atoms with Crippen molar-refractivity contribution in [3.05, 3.63) is 51.4 Å². The number of methoxy groups -OCH3 is 1. The first-order valence-electron chi connectivity index (χ1n) is 8.75. The van der Waals surface area contributed by atoms with Crippen LogP contribution < -0.4 is 10.6 Å². The average molecular weight is 408 g/mol. The number of esters is 1. The van der Waals surface area contributed by atoms with E-state index in [4.69, 9.17) is 4.74 Å². The Hall–Kier alpha value is -2.32. The van der Waals surface area contributed by atoms with E-state index in [0.29, 0.717) is 17.0 Å². The van der Waals surface area contributed by atoms with E-state index < -0.39 is 29.0 Å². The van der Waals surface area contributed by atoms with Gasteiger partial charge in [0.1, 0.15) is 5.00 Å². The summed E-state index contributed by atoms with van der Waals surface area (Å²) < 4.78 is 31.6. The maximum atomic E-state index is 13.5. The van der Waals surface area contributed by atoms with Crippen LogP contribution in [0.1, 0.15) is 58.9 Å². The van der Waals surface area contributed by atoms with Gasteiger partial charge in [0.15, 0.2) is 11.6 Å². The van der Waals surface area contributed by atoms with Crippen LogP contribution in [0.5, 0.6) is 0 Å². The Bertz CT molecular complexity index is 967. The molecule has 2 heterocycles. The molecule has 0 atom stereocenters. The maximum absolute atomic E-state index is 13.5. The van der Waals surface area contributed by atoms with E-state index in [1.54, 1.807) is 0 Å². The Balaban J connectivity index is 2.06. The lowest BCUT2D eigenvalue weighted by atomic mass is 9.81. The molecular weight excluding hydrogens is 386 g/mol. The zero-order valence-corrected chi connectivity index (χ0v) is 17.1. The van der Waals surface area contributed by atoms with Gasteiger partial charge < -0.3 is 15.4 Å². The SMILES string of the molecule is COC(=O)c1c(NC(=O)c2ccc(F)c(F)c2)sc2c1CC(C)(C)NC2(C)C. The highest BCUT2D eigenvalue weighted by atomic mass is 32.1. The van der Waals surface area contributed by atoms with Gasteiger partial charge in [-0.05, 0) is 57.9 Å². The maximum Gasteiger partial charge on any atom is 0.341 e. The van der Waals surface area contributed by atoms with Gasteiger partial charge in [-0.3, -0.25) is 4.79 Å². The molecule has 0 fully saturated rings. The molecule has 0 spiro atoms. The third-order valence-corrected chi connectivity index (χ3v) is 6.11. The van der Waals surface area contributed by atoms with Crippen LogP contribution in [0.15, 0.2) is 18.2 Å². The number of carbonyl (C=O) groups is 2. The van der Waals surface area contributed by atoms with E-state index in [2.05, 4.69) is 10.6 Å². The first-order chi connectivity index (χ1) is 12.9. The lowest BCUT2D eigenvalue weighted by Gasteiger charge is -2.42. The van der Waals surface area contributed by atoms with Crippen LogP contribution in [0.3, 0.4) is 0 Å². The summed E-state index contributed by atoms with van der Waals surface area (Å²) in [6.07, 6.45) is 0.577. The summed E-state index contributed by atoms with van der Waals surface area (Å²) in [6.45, 7) is 8.09. The number of anilines is 1. The Morgan fingerprint density at radius 3 is 2.46 bits per heavy atom. The third kappa shape index (κ3) is 3.66. The fourth-order valence-corrected chi connectivity index (χ4v) is 5.01. The van der Waals surface area contributed by atoms with Crippen LogP contribution in [-0.2, 0) is 16.7 Å². The van der Waals surface area contributed by atoms with Crippen molar-refractivity contribution in [3.63, 3.8) is 0 Å². The molecule has 0 saturated carbocycles. The van der Waals surface area contributed by atoms with Crippen molar-refractivity contribution >= 4 is 28.2 Å². The topological polar surface area (TPSA) is 67.4 Å². The van der Waals surface area contributed by atoms with Gasteiger partial charge >= 0.3 is 5.97 Å². The number of benzene rings is 1. The van der Waals surface area contributed by atoms with Gasteiger partial charge in [0.25, 0.3) is 5.91 Å². The number of fused-ring (bicyclic) bond motifs is 1. The zero-order chi connectivity index (χ0) is 20.9. The van der Waals surface area contributed by atoms with Crippen molar-refractivity contribution < 1.29 is 23.1 Å². The largest absolute Gasteiger partial charge is 0.465 e. The number of hydrogen-bond donors (Lipinski definition) is 2. The van der Waals surface area contributed by atoms with Gasteiger partial charge in [-0.1, -0.05) is 0 Å². The molecule has 2 aromatic rings. The van der Waals surface area contributed by atoms with E-state index in [1.807, 2.05) is 27.7 Å². The second kappa shape index (κ2) is 6.93. The first-order valence-corrected chi connectivity index (χ1v) is 9.57. The minimum atomic E-state index is -1.11.